The van der Waals surface area contributed by atoms with Gasteiger partial charge in [-0.15, -0.1) is 0 Å². The van der Waals surface area contributed by atoms with Crippen molar-refractivity contribution in [1.29, 1.82) is 0 Å². The lowest BCUT2D eigenvalue weighted by Crippen LogP contribution is -2.54. The van der Waals surface area contributed by atoms with Crippen LogP contribution in [0.15, 0.2) is 23.8 Å². The minimum atomic E-state index is -0.221. The van der Waals surface area contributed by atoms with E-state index in [0.717, 1.165) is 32.3 Å². The zero-order valence-corrected chi connectivity index (χ0v) is 17.5. The van der Waals surface area contributed by atoms with E-state index in [1.807, 2.05) is 6.08 Å². The van der Waals surface area contributed by atoms with Crippen LogP contribution in [0.2, 0.25) is 0 Å². The fraction of sp³-hybridized carbons (Fsp3) is 0.739. The molecule has 0 aromatic carbocycles. The van der Waals surface area contributed by atoms with Crippen LogP contribution in [-0.4, -0.2) is 35.0 Å². The normalized spacial score (nSPS) is 41.6. The van der Waals surface area contributed by atoms with Gasteiger partial charge in [-0.05, 0) is 75.4 Å². The van der Waals surface area contributed by atoms with E-state index in [9.17, 15) is 14.7 Å². The first-order valence-corrected chi connectivity index (χ1v) is 10.2. The average Bonchev–Trinajstić information content (AvgIpc) is 2.97. The SMILES string of the molecule is CC(C)=O.CO.C[C@@]12CCCC1C1CCC3=CC(=O)C=C[C@]3(C)C1[C@@H](O)C2. The highest BCUT2D eigenvalue weighted by Crippen LogP contribution is 2.64. The van der Waals surface area contributed by atoms with Crippen LogP contribution < -0.4 is 0 Å². The number of rotatable bonds is 0. The summed E-state index contributed by atoms with van der Waals surface area (Å²) in [6.07, 6.45) is 12.5. The van der Waals surface area contributed by atoms with E-state index in [-0.39, 0.29) is 23.1 Å². The Hall–Kier alpha value is -1.26. The van der Waals surface area contributed by atoms with Crippen molar-refractivity contribution < 1.29 is 19.8 Å². The van der Waals surface area contributed by atoms with Gasteiger partial charge < -0.3 is 15.0 Å². The standard InChI is InChI=1S/C19H26O2.C3H6O.CH4O/c1-18-8-3-4-15(18)14-6-5-12-10-13(20)7-9-19(12,2)17(14)16(21)11-18;1-3(2)4;1-2/h7,9-10,14-17,21H,3-6,8,11H2,1-2H3;1-2H3;2H,1H3/t14?,15?,16-,17?,18-,19-;;/m0../s1. The van der Waals surface area contributed by atoms with Crippen molar-refractivity contribution in [3.05, 3.63) is 23.8 Å². The van der Waals surface area contributed by atoms with Crippen LogP contribution in [0.5, 0.6) is 0 Å². The molecule has 4 heteroatoms. The molecule has 4 aliphatic carbocycles. The Balaban J connectivity index is 0.000000389. The molecule has 4 nitrogen and oxygen atoms in total. The average molecular weight is 377 g/mol. The second kappa shape index (κ2) is 8.40. The van der Waals surface area contributed by atoms with E-state index in [1.165, 1.54) is 38.7 Å². The Labute approximate surface area is 163 Å². The number of Topliss-reactive ketones (excluding diaryl/α,β-unsaturated/α-hetero) is 1. The van der Waals surface area contributed by atoms with Crippen molar-refractivity contribution in [3.8, 4) is 0 Å². The molecule has 27 heavy (non-hydrogen) atoms. The lowest BCUT2D eigenvalue weighted by atomic mass is 9.47. The Morgan fingerprint density at radius 3 is 2.44 bits per heavy atom. The topological polar surface area (TPSA) is 74.6 Å². The van der Waals surface area contributed by atoms with Gasteiger partial charge in [0.1, 0.15) is 5.78 Å². The molecular formula is C23H36O4. The summed E-state index contributed by atoms with van der Waals surface area (Å²) in [6, 6.07) is 0. The summed E-state index contributed by atoms with van der Waals surface area (Å²) >= 11 is 0. The van der Waals surface area contributed by atoms with Crippen molar-refractivity contribution in [3.63, 3.8) is 0 Å². The molecule has 0 aliphatic heterocycles. The molecular weight excluding hydrogens is 340 g/mol. The van der Waals surface area contributed by atoms with Gasteiger partial charge in [0.05, 0.1) is 6.10 Å². The zero-order valence-electron chi connectivity index (χ0n) is 17.5. The van der Waals surface area contributed by atoms with Crippen LogP contribution in [0.4, 0.5) is 0 Å². The van der Waals surface area contributed by atoms with Gasteiger partial charge in [-0.25, -0.2) is 0 Å². The first-order chi connectivity index (χ1) is 12.7. The van der Waals surface area contributed by atoms with Crippen molar-refractivity contribution in [1.82, 2.24) is 0 Å². The molecule has 0 amide bonds. The fourth-order valence-corrected chi connectivity index (χ4v) is 6.34. The summed E-state index contributed by atoms with van der Waals surface area (Å²) in [6.45, 7) is 7.71. The number of carbonyl (C=O) groups excluding carboxylic acids is 2. The summed E-state index contributed by atoms with van der Waals surface area (Å²) in [4.78, 5) is 21.2. The lowest BCUT2D eigenvalue weighted by Gasteiger charge is -2.58. The first kappa shape index (κ1) is 22.0. The van der Waals surface area contributed by atoms with Crippen LogP contribution in [0.1, 0.15) is 66.2 Å². The third-order valence-corrected chi connectivity index (χ3v) is 7.27. The zero-order chi connectivity index (χ0) is 20.4. The van der Waals surface area contributed by atoms with E-state index < -0.39 is 0 Å². The highest BCUT2D eigenvalue weighted by atomic mass is 16.3. The third-order valence-electron chi connectivity index (χ3n) is 7.27. The number of ketones is 2. The highest BCUT2D eigenvalue weighted by Gasteiger charge is 2.58. The molecule has 0 spiro atoms. The molecule has 0 aromatic heterocycles. The van der Waals surface area contributed by atoms with Crippen molar-refractivity contribution in [2.45, 2.75) is 72.3 Å². The molecule has 0 saturated heterocycles. The molecule has 0 radical (unpaired) electrons. The quantitative estimate of drug-likeness (QED) is 0.673. The number of hydrogen-bond acceptors (Lipinski definition) is 4. The summed E-state index contributed by atoms with van der Waals surface area (Å²) in [5, 5.41) is 17.9. The van der Waals surface area contributed by atoms with Gasteiger partial charge in [0.15, 0.2) is 5.78 Å². The van der Waals surface area contributed by atoms with Crippen molar-refractivity contribution >= 4 is 11.6 Å². The number of carbonyl (C=O) groups is 2. The van der Waals surface area contributed by atoms with Gasteiger partial charge in [-0.3, -0.25) is 4.79 Å². The summed E-state index contributed by atoms with van der Waals surface area (Å²) in [5.41, 5.74) is 1.52. The van der Waals surface area contributed by atoms with E-state index in [0.29, 0.717) is 17.3 Å². The van der Waals surface area contributed by atoms with Crippen LogP contribution in [-0.2, 0) is 9.59 Å². The van der Waals surface area contributed by atoms with Crippen LogP contribution in [0.25, 0.3) is 0 Å². The van der Waals surface area contributed by atoms with Crippen molar-refractivity contribution in [2.24, 2.45) is 28.6 Å². The largest absolute Gasteiger partial charge is 0.400 e. The van der Waals surface area contributed by atoms with Crippen LogP contribution in [0.3, 0.4) is 0 Å². The Kier molecular flexibility index (Phi) is 6.86. The molecule has 4 rings (SSSR count). The predicted octanol–water partition coefficient (Wildman–Crippen LogP) is 3.86. The summed E-state index contributed by atoms with van der Waals surface area (Å²) in [7, 11) is 1.00. The first-order valence-electron chi connectivity index (χ1n) is 10.2. The van der Waals surface area contributed by atoms with Crippen LogP contribution >= 0.6 is 0 Å². The maximum absolute atomic E-state index is 11.7. The minimum Gasteiger partial charge on any atom is -0.400 e. The fourth-order valence-electron chi connectivity index (χ4n) is 6.34. The smallest absolute Gasteiger partial charge is 0.178 e. The Morgan fingerprint density at radius 1 is 1.19 bits per heavy atom. The molecule has 152 valence electrons. The summed E-state index contributed by atoms with van der Waals surface area (Å²) < 4.78 is 0. The van der Waals surface area contributed by atoms with E-state index in [4.69, 9.17) is 5.11 Å². The van der Waals surface area contributed by atoms with Gasteiger partial charge in [0.2, 0.25) is 0 Å². The van der Waals surface area contributed by atoms with Crippen LogP contribution in [0, 0.1) is 28.6 Å². The molecule has 2 N–H and O–H groups in total. The van der Waals surface area contributed by atoms with Gasteiger partial charge in [0.25, 0.3) is 0 Å². The number of aliphatic hydroxyl groups is 2. The van der Waals surface area contributed by atoms with Gasteiger partial charge in [0, 0.05) is 18.4 Å². The second-order valence-corrected chi connectivity index (χ2v) is 9.25. The van der Waals surface area contributed by atoms with E-state index >= 15 is 0 Å². The molecule has 3 unspecified atom stereocenters. The van der Waals surface area contributed by atoms with Gasteiger partial charge in [-0.1, -0.05) is 31.9 Å². The monoisotopic (exact) mass is 376 g/mol. The molecule has 0 bridgehead atoms. The Morgan fingerprint density at radius 2 is 1.81 bits per heavy atom. The third kappa shape index (κ3) is 4.12. The number of fused-ring (bicyclic) bond motifs is 5. The molecule has 0 aromatic rings. The molecule has 3 saturated carbocycles. The number of aliphatic hydroxyl groups excluding tert-OH is 2. The maximum atomic E-state index is 11.7. The molecule has 3 fully saturated rings. The Bertz CT molecular complexity index is 630. The van der Waals surface area contributed by atoms with Gasteiger partial charge in [-0.2, -0.15) is 0 Å². The minimum absolute atomic E-state index is 0.0971. The van der Waals surface area contributed by atoms with Gasteiger partial charge >= 0.3 is 0 Å². The highest BCUT2D eigenvalue weighted by molar-refractivity contribution is 6.01. The molecule has 6 atom stereocenters. The number of hydrogen-bond donors (Lipinski definition) is 2. The lowest BCUT2D eigenvalue weighted by molar-refractivity contribution is -0.115. The maximum Gasteiger partial charge on any atom is 0.178 e. The molecule has 4 aliphatic rings. The van der Waals surface area contributed by atoms with E-state index in [1.54, 1.807) is 6.08 Å². The second-order valence-electron chi connectivity index (χ2n) is 9.25. The van der Waals surface area contributed by atoms with E-state index in [2.05, 4.69) is 19.9 Å². The number of allylic oxidation sites excluding steroid dienone is 4. The molecule has 0 heterocycles. The van der Waals surface area contributed by atoms with Crippen molar-refractivity contribution in [2.75, 3.05) is 7.11 Å². The predicted molar refractivity (Wildman–Crippen MR) is 107 cm³/mol. The summed E-state index contributed by atoms with van der Waals surface area (Å²) in [5.74, 6) is 1.99.